The van der Waals surface area contributed by atoms with E-state index in [2.05, 4.69) is 6.92 Å². The summed E-state index contributed by atoms with van der Waals surface area (Å²) in [6.45, 7) is 2.56. The van der Waals surface area contributed by atoms with Gasteiger partial charge in [-0.15, -0.1) is 0 Å². The molecule has 90 valence electrons. The van der Waals surface area contributed by atoms with Crippen LogP contribution in [0.1, 0.15) is 25.3 Å². The summed E-state index contributed by atoms with van der Waals surface area (Å²) < 4.78 is 22.6. The Kier molecular flexibility index (Phi) is 5.75. The van der Waals surface area contributed by atoms with Crippen LogP contribution >= 0.6 is 7.60 Å². The van der Waals surface area contributed by atoms with Crippen LogP contribution in [0.4, 0.5) is 0 Å². The van der Waals surface area contributed by atoms with Crippen molar-refractivity contribution in [1.82, 2.24) is 0 Å². The summed E-state index contributed by atoms with van der Waals surface area (Å²) in [5.74, 6) is 0. The van der Waals surface area contributed by atoms with Crippen molar-refractivity contribution in [2.24, 2.45) is 0 Å². The molecular weight excluding hydrogens is 223 g/mol. The van der Waals surface area contributed by atoms with Crippen LogP contribution < -0.4 is 0 Å². The van der Waals surface area contributed by atoms with E-state index in [1.807, 2.05) is 30.3 Å². The first-order valence-corrected chi connectivity index (χ1v) is 7.26. The van der Waals surface area contributed by atoms with E-state index in [9.17, 15) is 4.57 Å². The average molecular weight is 242 g/mol. The van der Waals surface area contributed by atoms with E-state index in [-0.39, 0.29) is 0 Å². The SMILES string of the molecule is CCCCOP(=O)(Cc1ccccc1)OC. The van der Waals surface area contributed by atoms with Crippen LogP contribution in [0.25, 0.3) is 0 Å². The van der Waals surface area contributed by atoms with Crippen molar-refractivity contribution in [2.45, 2.75) is 25.9 Å². The van der Waals surface area contributed by atoms with Gasteiger partial charge in [-0.05, 0) is 12.0 Å². The minimum atomic E-state index is -2.95. The Morgan fingerprint density at radius 3 is 2.50 bits per heavy atom. The molecule has 3 nitrogen and oxygen atoms in total. The maximum atomic E-state index is 12.2. The number of hydrogen-bond donors (Lipinski definition) is 0. The standard InChI is InChI=1S/C12H19O3P/c1-3-4-10-15-16(13,14-2)11-12-8-6-5-7-9-12/h5-9H,3-4,10-11H2,1-2H3. The molecule has 0 saturated carbocycles. The maximum Gasteiger partial charge on any atom is 0.334 e. The van der Waals surface area contributed by atoms with Crippen LogP contribution in [0.15, 0.2) is 30.3 Å². The molecule has 1 rings (SSSR count). The molecule has 1 atom stereocenters. The van der Waals surface area contributed by atoms with E-state index in [1.165, 1.54) is 7.11 Å². The van der Waals surface area contributed by atoms with Gasteiger partial charge in [0.25, 0.3) is 0 Å². The summed E-state index contributed by atoms with van der Waals surface area (Å²) in [6, 6.07) is 9.62. The minimum Gasteiger partial charge on any atom is -0.312 e. The summed E-state index contributed by atoms with van der Waals surface area (Å²) >= 11 is 0. The van der Waals surface area contributed by atoms with Gasteiger partial charge < -0.3 is 9.05 Å². The first kappa shape index (κ1) is 13.4. The molecule has 0 aliphatic heterocycles. The van der Waals surface area contributed by atoms with Crippen LogP contribution in [0, 0.1) is 0 Å². The second-order valence-electron chi connectivity index (χ2n) is 3.62. The van der Waals surface area contributed by atoms with Gasteiger partial charge in [0.05, 0.1) is 12.8 Å². The van der Waals surface area contributed by atoms with Crippen molar-refractivity contribution in [3.63, 3.8) is 0 Å². The summed E-state index contributed by atoms with van der Waals surface area (Å²) in [7, 11) is -1.51. The van der Waals surface area contributed by atoms with Gasteiger partial charge in [-0.25, -0.2) is 0 Å². The predicted octanol–water partition coefficient (Wildman–Crippen LogP) is 3.84. The summed E-state index contributed by atoms with van der Waals surface area (Å²) in [6.07, 6.45) is 2.27. The number of hydrogen-bond acceptors (Lipinski definition) is 3. The number of unbranched alkanes of at least 4 members (excludes halogenated alkanes) is 1. The maximum absolute atomic E-state index is 12.2. The van der Waals surface area contributed by atoms with Crippen molar-refractivity contribution in [2.75, 3.05) is 13.7 Å². The molecule has 1 aromatic carbocycles. The van der Waals surface area contributed by atoms with Gasteiger partial charge in [-0.2, -0.15) is 0 Å². The molecule has 0 N–H and O–H groups in total. The van der Waals surface area contributed by atoms with Gasteiger partial charge in [0.15, 0.2) is 0 Å². The zero-order chi connectivity index (χ0) is 11.9. The molecule has 0 spiro atoms. The molecule has 0 saturated heterocycles. The molecule has 16 heavy (non-hydrogen) atoms. The summed E-state index contributed by atoms with van der Waals surface area (Å²) in [5, 5.41) is 0. The molecule has 0 aliphatic rings. The molecule has 0 bridgehead atoms. The zero-order valence-electron chi connectivity index (χ0n) is 9.89. The molecule has 0 radical (unpaired) electrons. The Hall–Kier alpha value is -0.630. The number of rotatable bonds is 7. The third kappa shape index (κ3) is 4.48. The molecule has 0 fully saturated rings. The van der Waals surface area contributed by atoms with Crippen LogP contribution in [0.2, 0.25) is 0 Å². The van der Waals surface area contributed by atoms with Gasteiger partial charge in [-0.1, -0.05) is 43.7 Å². The van der Waals surface area contributed by atoms with E-state index in [0.29, 0.717) is 12.8 Å². The van der Waals surface area contributed by atoms with E-state index in [1.54, 1.807) is 0 Å². The van der Waals surface area contributed by atoms with Crippen molar-refractivity contribution >= 4 is 7.60 Å². The Morgan fingerprint density at radius 1 is 1.25 bits per heavy atom. The highest BCUT2D eigenvalue weighted by Crippen LogP contribution is 2.50. The van der Waals surface area contributed by atoms with E-state index < -0.39 is 7.60 Å². The van der Waals surface area contributed by atoms with Crippen LogP contribution in [-0.2, 0) is 19.8 Å². The molecule has 4 heteroatoms. The van der Waals surface area contributed by atoms with Crippen LogP contribution in [-0.4, -0.2) is 13.7 Å². The Morgan fingerprint density at radius 2 is 1.94 bits per heavy atom. The smallest absolute Gasteiger partial charge is 0.312 e. The lowest BCUT2D eigenvalue weighted by Crippen LogP contribution is -1.98. The monoisotopic (exact) mass is 242 g/mol. The van der Waals surface area contributed by atoms with Crippen LogP contribution in [0.3, 0.4) is 0 Å². The largest absolute Gasteiger partial charge is 0.334 e. The number of benzene rings is 1. The lowest BCUT2D eigenvalue weighted by molar-refractivity contribution is 0.229. The molecular formula is C12H19O3P. The highest BCUT2D eigenvalue weighted by Gasteiger charge is 2.22. The van der Waals surface area contributed by atoms with Gasteiger partial charge in [0.2, 0.25) is 0 Å². The van der Waals surface area contributed by atoms with Gasteiger partial charge in [-0.3, -0.25) is 4.57 Å². The van der Waals surface area contributed by atoms with Crippen molar-refractivity contribution in [3.8, 4) is 0 Å². The lowest BCUT2D eigenvalue weighted by Gasteiger charge is -2.16. The molecule has 1 aromatic rings. The average Bonchev–Trinajstić information content (AvgIpc) is 2.31. The van der Waals surface area contributed by atoms with E-state index in [0.717, 1.165) is 18.4 Å². The first-order chi connectivity index (χ1) is 7.70. The topological polar surface area (TPSA) is 35.5 Å². The Labute approximate surface area is 97.3 Å². The minimum absolute atomic E-state index is 0.341. The second kappa shape index (κ2) is 6.85. The molecule has 1 unspecified atom stereocenters. The predicted molar refractivity (Wildman–Crippen MR) is 65.6 cm³/mol. The van der Waals surface area contributed by atoms with Crippen molar-refractivity contribution in [1.29, 1.82) is 0 Å². The van der Waals surface area contributed by atoms with Gasteiger partial charge >= 0.3 is 7.60 Å². The summed E-state index contributed by atoms with van der Waals surface area (Å²) in [5.41, 5.74) is 0.976. The Bertz CT molecular complexity index is 337. The molecule has 0 aliphatic carbocycles. The third-order valence-electron chi connectivity index (χ3n) is 2.28. The van der Waals surface area contributed by atoms with Gasteiger partial charge in [0, 0.05) is 7.11 Å². The molecule has 0 heterocycles. The third-order valence-corrected chi connectivity index (χ3v) is 4.17. The Balaban J connectivity index is 2.56. The molecule has 0 amide bonds. The van der Waals surface area contributed by atoms with Crippen molar-refractivity contribution in [3.05, 3.63) is 35.9 Å². The fraction of sp³-hybridized carbons (Fsp3) is 0.500. The quantitative estimate of drug-likeness (QED) is 0.538. The van der Waals surface area contributed by atoms with E-state index >= 15 is 0 Å². The van der Waals surface area contributed by atoms with Crippen molar-refractivity contribution < 1.29 is 13.6 Å². The normalized spacial score (nSPS) is 14.6. The van der Waals surface area contributed by atoms with E-state index in [4.69, 9.17) is 9.05 Å². The van der Waals surface area contributed by atoms with Crippen LogP contribution in [0.5, 0.6) is 0 Å². The highest BCUT2D eigenvalue weighted by atomic mass is 31.2. The lowest BCUT2D eigenvalue weighted by atomic mass is 10.2. The fourth-order valence-corrected chi connectivity index (χ4v) is 2.71. The molecule has 0 aromatic heterocycles. The van der Waals surface area contributed by atoms with Gasteiger partial charge in [0.1, 0.15) is 0 Å². The zero-order valence-corrected chi connectivity index (χ0v) is 10.8. The first-order valence-electron chi connectivity index (χ1n) is 5.53. The second-order valence-corrected chi connectivity index (χ2v) is 5.79. The fourth-order valence-electron chi connectivity index (χ4n) is 1.32. The highest BCUT2D eigenvalue weighted by molar-refractivity contribution is 7.53. The summed E-state index contributed by atoms with van der Waals surface area (Å²) in [4.78, 5) is 0.